The molecule has 16 heavy (non-hydrogen) atoms. The summed E-state index contributed by atoms with van der Waals surface area (Å²) >= 11 is 1.15. The highest BCUT2D eigenvalue weighted by atomic mass is 32.2. The first kappa shape index (κ1) is 13.2. The molecule has 1 heterocycles. The molecule has 4 nitrogen and oxygen atoms in total. The molecule has 1 aromatic heterocycles. The summed E-state index contributed by atoms with van der Waals surface area (Å²) in [6.45, 7) is 1.52. The molecule has 0 N–H and O–H groups in total. The third-order valence-corrected chi connectivity index (χ3v) is 2.62. The van der Waals surface area contributed by atoms with Crippen LogP contribution in [0.5, 0.6) is 0 Å². The lowest BCUT2D eigenvalue weighted by molar-refractivity contribution is -0.112. The van der Waals surface area contributed by atoms with Gasteiger partial charge in [0.25, 0.3) is 0 Å². The van der Waals surface area contributed by atoms with Crippen LogP contribution in [0.1, 0.15) is 6.42 Å². The minimum Gasteiger partial charge on any atom is -0.382 e. The zero-order valence-electron chi connectivity index (χ0n) is 9.22. The Labute approximate surface area is 99.4 Å². The smallest absolute Gasteiger partial charge is 0.197 e. The predicted molar refractivity (Wildman–Crippen MR) is 62.4 cm³/mol. The molecule has 88 valence electrons. The van der Waals surface area contributed by atoms with E-state index in [2.05, 4.69) is 4.98 Å². The number of ether oxygens (including phenoxy) is 2. The van der Waals surface area contributed by atoms with Gasteiger partial charge < -0.3 is 9.47 Å². The van der Waals surface area contributed by atoms with Crippen LogP contribution in [0, 0.1) is 0 Å². The van der Waals surface area contributed by atoms with Gasteiger partial charge in [-0.1, -0.05) is 6.07 Å². The molecular weight excluding hydrogens is 226 g/mol. The maximum atomic E-state index is 11.5. The highest BCUT2D eigenvalue weighted by Crippen LogP contribution is 2.16. The average Bonchev–Trinajstić information content (AvgIpc) is 2.30. The van der Waals surface area contributed by atoms with Crippen LogP contribution >= 0.6 is 11.8 Å². The zero-order valence-corrected chi connectivity index (χ0v) is 10.0. The van der Waals surface area contributed by atoms with Crippen LogP contribution < -0.4 is 0 Å². The molecule has 0 amide bonds. The van der Waals surface area contributed by atoms with E-state index in [0.29, 0.717) is 26.2 Å². The van der Waals surface area contributed by atoms with Gasteiger partial charge in [-0.15, -0.1) is 0 Å². The van der Waals surface area contributed by atoms with Gasteiger partial charge in [0.15, 0.2) is 5.12 Å². The van der Waals surface area contributed by atoms with Gasteiger partial charge in [-0.3, -0.25) is 4.79 Å². The number of rotatable bonds is 7. The van der Waals surface area contributed by atoms with Crippen molar-refractivity contribution in [2.24, 2.45) is 0 Å². The lowest BCUT2D eigenvalue weighted by Gasteiger charge is -2.02. The van der Waals surface area contributed by atoms with Gasteiger partial charge in [0.1, 0.15) is 5.03 Å². The van der Waals surface area contributed by atoms with E-state index in [1.54, 1.807) is 13.3 Å². The summed E-state index contributed by atoms with van der Waals surface area (Å²) in [5, 5.41) is 0.792. The van der Waals surface area contributed by atoms with E-state index in [1.165, 1.54) is 0 Å². The lowest BCUT2D eigenvalue weighted by Crippen LogP contribution is -2.05. The summed E-state index contributed by atoms with van der Waals surface area (Å²) in [4.78, 5) is 15.5. The molecule has 0 aliphatic heterocycles. The summed E-state index contributed by atoms with van der Waals surface area (Å²) in [7, 11) is 1.62. The molecule has 0 bridgehead atoms. The zero-order chi connectivity index (χ0) is 11.6. The fourth-order valence-corrected chi connectivity index (χ4v) is 1.65. The van der Waals surface area contributed by atoms with E-state index in [0.717, 1.165) is 16.8 Å². The lowest BCUT2D eigenvalue weighted by atomic mass is 10.5. The van der Waals surface area contributed by atoms with E-state index in [4.69, 9.17) is 9.47 Å². The standard InChI is InChI=1S/C11H15NO3S/c1-14-8-9-15-7-5-11(13)16-10-4-2-3-6-12-10/h2-4,6H,5,7-9H2,1H3. The van der Waals surface area contributed by atoms with Gasteiger partial charge in [-0.05, 0) is 23.9 Å². The molecule has 0 aliphatic carbocycles. The Hall–Kier alpha value is -0.910. The fourth-order valence-electron chi connectivity index (χ4n) is 0.975. The number of carbonyl (C=O) groups is 1. The Bertz CT molecular complexity index is 305. The van der Waals surface area contributed by atoms with Crippen molar-refractivity contribution in [1.29, 1.82) is 0 Å². The number of carbonyl (C=O) groups excluding carboxylic acids is 1. The van der Waals surface area contributed by atoms with Gasteiger partial charge in [-0.25, -0.2) is 4.98 Å². The second kappa shape index (κ2) is 8.27. The number of pyridine rings is 1. The molecule has 1 aromatic rings. The number of thioether (sulfide) groups is 1. The van der Waals surface area contributed by atoms with Gasteiger partial charge in [0.05, 0.1) is 19.8 Å². The minimum atomic E-state index is 0.0658. The number of hydrogen-bond acceptors (Lipinski definition) is 5. The van der Waals surface area contributed by atoms with E-state index in [1.807, 2.05) is 18.2 Å². The van der Waals surface area contributed by atoms with Crippen LogP contribution in [-0.4, -0.2) is 37.0 Å². The number of aromatic nitrogens is 1. The van der Waals surface area contributed by atoms with Crippen LogP contribution in [0.3, 0.4) is 0 Å². The molecule has 0 aliphatic rings. The molecule has 0 fully saturated rings. The van der Waals surface area contributed by atoms with Crippen molar-refractivity contribution < 1.29 is 14.3 Å². The van der Waals surface area contributed by atoms with Crippen LogP contribution in [0.4, 0.5) is 0 Å². The quantitative estimate of drug-likeness (QED) is 0.537. The molecule has 0 unspecified atom stereocenters. The third kappa shape index (κ3) is 5.85. The molecule has 0 spiro atoms. The summed E-state index contributed by atoms with van der Waals surface area (Å²) in [6.07, 6.45) is 2.07. The summed E-state index contributed by atoms with van der Waals surface area (Å²) in [5.74, 6) is 0. The summed E-state index contributed by atoms with van der Waals surface area (Å²) in [5.41, 5.74) is 0. The molecule has 1 rings (SSSR count). The Morgan fingerprint density at radius 1 is 1.38 bits per heavy atom. The highest BCUT2D eigenvalue weighted by Gasteiger charge is 2.04. The summed E-state index contributed by atoms with van der Waals surface area (Å²) < 4.78 is 10.0. The van der Waals surface area contributed by atoms with Crippen LogP contribution in [0.2, 0.25) is 0 Å². The first-order valence-electron chi connectivity index (χ1n) is 5.01. The largest absolute Gasteiger partial charge is 0.382 e. The van der Waals surface area contributed by atoms with Crippen molar-refractivity contribution in [3.63, 3.8) is 0 Å². The van der Waals surface area contributed by atoms with E-state index < -0.39 is 0 Å². The molecular formula is C11H15NO3S. The van der Waals surface area contributed by atoms with E-state index in [-0.39, 0.29) is 5.12 Å². The van der Waals surface area contributed by atoms with Crippen molar-refractivity contribution in [3.8, 4) is 0 Å². The van der Waals surface area contributed by atoms with Gasteiger partial charge in [-0.2, -0.15) is 0 Å². The topological polar surface area (TPSA) is 48.4 Å². The van der Waals surface area contributed by atoms with Crippen molar-refractivity contribution in [2.75, 3.05) is 26.9 Å². The molecule has 0 aromatic carbocycles. The minimum absolute atomic E-state index is 0.0658. The molecule has 0 saturated heterocycles. The van der Waals surface area contributed by atoms with Crippen LogP contribution in [0.25, 0.3) is 0 Å². The maximum Gasteiger partial charge on any atom is 0.197 e. The molecule has 0 radical (unpaired) electrons. The number of methoxy groups -OCH3 is 1. The first-order chi connectivity index (χ1) is 7.83. The van der Waals surface area contributed by atoms with Gasteiger partial charge in [0.2, 0.25) is 0 Å². The second-order valence-corrected chi connectivity index (χ2v) is 4.07. The second-order valence-electron chi connectivity index (χ2n) is 3.00. The Morgan fingerprint density at radius 3 is 2.94 bits per heavy atom. The van der Waals surface area contributed by atoms with Crippen molar-refractivity contribution in [3.05, 3.63) is 24.4 Å². The van der Waals surface area contributed by atoms with Crippen molar-refractivity contribution in [2.45, 2.75) is 11.4 Å². The van der Waals surface area contributed by atoms with Crippen molar-refractivity contribution in [1.82, 2.24) is 4.98 Å². The van der Waals surface area contributed by atoms with E-state index >= 15 is 0 Å². The Kier molecular flexibility index (Phi) is 6.80. The third-order valence-electron chi connectivity index (χ3n) is 1.74. The SMILES string of the molecule is COCCOCCC(=O)Sc1ccccn1. The molecule has 5 heteroatoms. The first-order valence-corrected chi connectivity index (χ1v) is 5.83. The van der Waals surface area contributed by atoms with Gasteiger partial charge in [0, 0.05) is 19.7 Å². The predicted octanol–water partition coefficient (Wildman–Crippen LogP) is 1.75. The Morgan fingerprint density at radius 2 is 2.25 bits per heavy atom. The van der Waals surface area contributed by atoms with Crippen molar-refractivity contribution >= 4 is 16.9 Å². The molecule has 0 saturated carbocycles. The monoisotopic (exact) mass is 241 g/mol. The highest BCUT2D eigenvalue weighted by molar-refractivity contribution is 8.13. The van der Waals surface area contributed by atoms with Crippen LogP contribution in [-0.2, 0) is 14.3 Å². The maximum absolute atomic E-state index is 11.5. The fraction of sp³-hybridized carbons (Fsp3) is 0.455. The number of hydrogen-bond donors (Lipinski definition) is 0. The molecule has 0 atom stereocenters. The average molecular weight is 241 g/mol. The number of nitrogens with zero attached hydrogens (tertiary/aromatic N) is 1. The van der Waals surface area contributed by atoms with Crippen LogP contribution in [0.15, 0.2) is 29.4 Å². The van der Waals surface area contributed by atoms with E-state index in [9.17, 15) is 4.79 Å². The normalized spacial score (nSPS) is 10.3. The van der Waals surface area contributed by atoms with Gasteiger partial charge >= 0.3 is 0 Å². The summed E-state index contributed by atoms with van der Waals surface area (Å²) in [6, 6.07) is 5.49. The Balaban J connectivity index is 2.12.